The molecule has 0 atom stereocenters. The molecule has 0 aliphatic rings. The first-order valence-corrected chi connectivity index (χ1v) is 14.2. The summed E-state index contributed by atoms with van der Waals surface area (Å²) < 4.78 is 10.9. The van der Waals surface area contributed by atoms with E-state index in [-0.39, 0.29) is 6.42 Å². The van der Waals surface area contributed by atoms with Crippen LogP contribution in [0.4, 0.5) is 0 Å². The van der Waals surface area contributed by atoms with Gasteiger partial charge in [0, 0.05) is 0 Å². The molecule has 8 nitrogen and oxygen atoms in total. The normalized spacial score (nSPS) is 12.6. The largest absolute Gasteiger partial charge is 0.458 e. The van der Waals surface area contributed by atoms with Gasteiger partial charge in [-0.05, 0) is 113 Å². The Balaban J connectivity index is 3.98. The van der Waals surface area contributed by atoms with Crippen molar-refractivity contribution in [3.8, 4) is 0 Å². The topological polar surface area (TPSA) is 129 Å². The third kappa shape index (κ3) is 19.0. The third-order valence-electron chi connectivity index (χ3n) is 5.72. The maximum absolute atomic E-state index is 12.8. The van der Waals surface area contributed by atoms with Gasteiger partial charge in [-0.25, -0.2) is 9.59 Å². The average molecular weight is 515 g/mol. The van der Waals surface area contributed by atoms with Crippen molar-refractivity contribution in [2.24, 2.45) is 11.5 Å². The molecule has 0 saturated heterocycles. The van der Waals surface area contributed by atoms with Gasteiger partial charge in [-0.2, -0.15) is 0 Å². The zero-order valence-corrected chi connectivity index (χ0v) is 24.3. The van der Waals surface area contributed by atoms with Gasteiger partial charge in [0.05, 0.1) is 0 Å². The van der Waals surface area contributed by atoms with E-state index < -0.39 is 28.7 Å². The SMILES string of the molecule is CC(C)(C)OC(=O)C(N)(CCCCCNCCCCCCNCCCCCCN)C(=O)OC(C)(C)C. The number of nitrogens with two attached hydrogens (primary N) is 2. The van der Waals surface area contributed by atoms with Gasteiger partial charge in [-0.3, -0.25) is 0 Å². The number of rotatable bonds is 21. The number of hydrogen-bond acceptors (Lipinski definition) is 8. The molecule has 0 heterocycles. The summed E-state index contributed by atoms with van der Waals surface area (Å²) >= 11 is 0. The van der Waals surface area contributed by atoms with Crippen LogP contribution in [0.2, 0.25) is 0 Å². The summed E-state index contributed by atoms with van der Waals surface area (Å²) in [6.07, 6.45) is 12.5. The molecule has 8 heteroatoms. The van der Waals surface area contributed by atoms with Crippen LogP contribution < -0.4 is 22.1 Å². The molecule has 0 rings (SSSR count). The summed E-state index contributed by atoms with van der Waals surface area (Å²) in [7, 11) is 0. The van der Waals surface area contributed by atoms with E-state index in [1.165, 1.54) is 44.9 Å². The molecule has 0 bridgehead atoms. The van der Waals surface area contributed by atoms with Gasteiger partial charge in [-0.1, -0.05) is 38.5 Å². The van der Waals surface area contributed by atoms with Crippen molar-refractivity contribution in [1.29, 1.82) is 0 Å². The lowest BCUT2D eigenvalue weighted by Gasteiger charge is -2.32. The summed E-state index contributed by atoms with van der Waals surface area (Å²) in [4.78, 5) is 25.5. The van der Waals surface area contributed by atoms with Gasteiger partial charge in [0.15, 0.2) is 0 Å². The Morgan fingerprint density at radius 2 is 0.917 bits per heavy atom. The van der Waals surface area contributed by atoms with Crippen LogP contribution in [0.5, 0.6) is 0 Å². The number of esters is 2. The Hall–Kier alpha value is -1.22. The first kappa shape index (κ1) is 34.8. The molecule has 0 amide bonds. The highest BCUT2D eigenvalue weighted by molar-refractivity contribution is 6.04. The summed E-state index contributed by atoms with van der Waals surface area (Å²) in [6.45, 7) is 15.5. The minimum Gasteiger partial charge on any atom is -0.458 e. The number of nitrogens with one attached hydrogen (secondary N) is 2. The minimum absolute atomic E-state index is 0.207. The second-order valence-electron chi connectivity index (χ2n) is 11.9. The second kappa shape index (κ2) is 18.9. The number of hydrogen-bond donors (Lipinski definition) is 4. The van der Waals surface area contributed by atoms with E-state index in [0.717, 1.165) is 52.0 Å². The van der Waals surface area contributed by atoms with Crippen molar-refractivity contribution in [2.75, 3.05) is 32.7 Å². The Labute approximate surface area is 221 Å². The van der Waals surface area contributed by atoms with Gasteiger partial charge in [0.1, 0.15) is 11.2 Å². The molecule has 0 unspecified atom stereocenters. The predicted molar refractivity (Wildman–Crippen MR) is 149 cm³/mol. The summed E-state index contributed by atoms with van der Waals surface area (Å²) in [5.74, 6) is -1.44. The van der Waals surface area contributed by atoms with Crippen molar-refractivity contribution in [1.82, 2.24) is 10.6 Å². The quantitative estimate of drug-likeness (QED) is 0.102. The molecular weight excluding hydrogens is 456 g/mol. The Bertz CT molecular complexity index is 557. The zero-order chi connectivity index (χ0) is 27.5. The highest BCUT2D eigenvalue weighted by Gasteiger charge is 2.47. The van der Waals surface area contributed by atoms with Gasteiger partial charge >= 0.3 is 11.9 Å². The fourth-order valence-electron chi connectivity index (χ4n) is 3.71. The van der Waals surface area contributed by atoms with Crippen LogP contribution in [0.1, 0.15) is 119 Å². The van der Waals surface area contributed by atoms with E-state index in [1.54, 1.807) is 41.5 Å². The van der Waals surface area contributed by atoms with Crippen molar-refractivity contribution >= 4 is 11.9 Å². The molecule has 0 saturated carbocycles. The Kier molecular flexibility index (Phi) is 18.3. The van der Waals surface area contributed by atoms with E-state index >= 15 is 0 Å². The highest BCUT2D eigenvalue weighted by atomic mass is 16.6. The molecule has 214 valence electrons. The molecule has 36 heavy (non-hydrogen) atoms. The fourth-order valence-corrected chi connectivity index (χ4v) is 3.71. The van der Waals surface area contributed by atoms with Crippen molar-refractivity contribution < 1.29 is 19.1 Å². The van der Waals surface area contributed by atoms with Crippen LogP contribution in [-0.2, 0) is 19.1 Å². The standard InChI is InChI=1S/C28H58N4O4/c1-26(2,3)35-24(33)28(30,25(34)36-27(4,5)6)18-12-11-17-23-32-22-16-10-9-15-21-31-20-14-8-7-13-19-29/h31-32H,7-23,29-30H2,1-6H3. The lowest BCUT2D eigenvalue weighted by Crippen LogP contribution is -2.59. The maximum atomic E-state index is 12.8. The zero-order valence-electron chi connectivity index (χ0n) is 24.3. The molecular formula is C28H58N4O4. The number of carbonyl (C=O) groups is 2. The van der Waals surface area contributed by atoms with Crippen molar-refractivity contribution in [2.45, 2.75) is 135 Å². The summed E-state index contributed by atoms with van der Waals surface area (Å²) in [5.41, 5.74) is 8.56. The van der Waals surface area contributed by atoms with Gasteiger partial charge in [-0.15, -0.1) is 0 Å². The minimum atomic E-state index is -1.78. The van der Waals surface area contributed by atoms with Crippen LogP contribution in [0.3, 0.4) is 0 Å². The highest BCUT2D eigenvalue weighted by Crippen LogP contribution is 2.23. The number of carbonyl (C=O) groups excluding carboxylic acids is 2. The monoisotopic (exact) mass is 514 g/mol. The first-order valence-electron chi connectivity index (χ1n) is 14.2. The van der Waals surface area contributed by atoms with Crippen LogP contribution in [-0.4, -0.2) is 61.4 Å². The molecule has 6 N–H and O–H groups in total. The van der Waals surface area contributed by atoms with E-state index in [9.17, 15) is 9.59 Å². The molecule has 0 aromatic carbocycles. The molecule has 0 radical (unpaired) electrons. The Morgan fingerprint density at radius 1 is 0.583 bits per heavy atom. The van der Waals surface area contributed by atoms with Gasteiger partial charge in [0.25, 0.3) is 0 Å². The third-order valence-corrected chi connectivity index (χ3v) is 5.72. The van der Waals surface area contributed by atoms with Crippen LogP contribution >= 0.6 is 0 Å². The molecule has 0 aromatic rings. The first-order chi connectivity index (χ1) is 16.8. The van der Waals surface area contributed by atoms with Crippen LogP contribution in [0.15, 0.2) is 0 Å². The average Bonchev–Trinajstić information content (AvgIpc) is 2.75. The second-order valence-corrected chi connectivity index (χ2v) is 11.9. The van der Waals surface area contributed by atoms with Crippen LogP contribution in [0.25, 0.3) is 0 Å². The van der Waals surface area contributed by atoms with E-state index in [0.29, 0.717) is 6.42 Å². The molecule has 0 aliphatic heterocycles. The van der Waals surface area contributed by atoms with E-state index in [2.05, 4.69) is 10.6 Å². The lowest BCUT2D eigenvalue weighted by atomic mass is 9.92. The van der Waals surface area contributed by atoms with Crippen molar-refractivity contribution in [3.05, 3.63) is 0 Å². The molecule has 0 fully saturated rings. The lowest BCUT2D eigenvalue weighted by molar-refractivity contribution is -0.177. The van der Waals surface area contributed by atoms with E-state index in [1.807, 2.05) is 0 Å². The maximum Gasteiger partial charge on any atom is 0.338 e. The van der Waals surface area contributed by atoms with Gasteiger partial charge < -0.3 is 31.6 Å². The smallest absolute Gasteiger partial charge is 0.338 e. The molecule has 0 spiro atoms. The summed E-state index contributed by atoms with van der Waals surface area (Å²) in [6, 6.07) is 0. The molecule has 0 aliphatic carbocycles. The van der Waals surface area contributed by atoms with Gasteiger partial charge in [0.2, 0.25) is 5.54 Å². The predicted octanol–water partition coefficient (Wildman–Crippen LogP) is 4.19. The Morgan fingerprint density at radius 3 is 1.25 bits per heavy atom. The number of unbranched alkanes of at least 4 members (excludes halogenated alkanes) is 8. The fraction of sp³-hybridized carbons (Fsp3) is 0.929. The van der Waals surface area contributed by atoms with Crippen molar-refractivity contribution in [3.63, 3.8) is 0 Å². The van der Waals surface area contributed by atoms with E-state index in [4.69, 9.17) is 20.9 Å². The molecule has 0 aromatic heterocycles. The van der Waals surface area contributed by atoms with Crippen LogP contribution in [0, 0.1) is 0 Å². The number of ether oxygens (including phenoxy) is 2. The summed E-state index contributed by atoms with van der Waals surface area (Å²) in [5, 5.41) is 7.01.